The number of carbonyl (C=O) groups is 3. The zero-order valence-electron chi connectivity index (χ0n) is 16.1. The van der Waals surface area contributed by atoms with Crippen LogP contribution in [0.25, 0.3) is 0 Å². The molecule has 0 aliphatic carbocycles. The van der Waals surface area contributed by atoms with Gasteiger partial charge in [0.25, 0.3) is 11.8 Å². The van der Waals surface area contributed by atoms with Crippen molar-refractivity contribution in [1.29, 1.82) is 0 Å². The van der Waals surface area contributed by atoms with Gasteiger partial charge in [-0.05, 0) is 24.1 Å². The number of nitrogens with zero attached hydrogens (tertiary/aromatic N) is 2. The first-order valence-electron chi connectivity index (χ1n) is 9.42. The van der Waals surface area contributed by atoms with Crippen LogP contribution in [0.2, 0.25) is 0 Å². The molecule has 7 nitrogen and oxygen atoms in total. The molecule has 2 aliphatic rings. The predicted octanol–water partition coefficient (Wildman–Crippen LogP) is 2.34. The van der Waals surface area contributed by atoms with Crippen LogP contribution >= 0.6 is 0 Å². The van der Waals surface area contributed by atoms with E-state index in [0.29, 0.717) is 18.0 Å². The lowest BCUT2D eigenvalue weighted by Crippen LogP contribution is -2.40. The van der Waals surface area contributed by atoms with Crippen LogP contribution in [0.5, 0.6) is 5.75 Å². The van der Waals surface area contributed by atoms with Crippen molar-refractivity contribution >= 4 is 29.1 Å². The van der Waals surface area contributed by atoms with Gasteiger partial charge in [0.15, 0.2) is 6.61 Å². The summed E-state index contributed by atoms with van der Waals surface area (Å²) in [5.41, 5.74) is 3.26. The minimum Gasteiger partial charge on any atom is -0.481 e. The Hall–Kier alpha value is -3.61. The number of amides is 3. The number of fused-ring (bicyclic) bond motifs is 1. The molecule has 0 radical (unpaired) electrons. The van der Waals surface area contributed by atoms with E-state index in [1.807, 2.05) is 42.5 Å². The number of benzene rings is 2. The van der Waals surface area contributed by atoms with E-state index in [0.717, 1.165) is 17.8 Å². The van der Waals surface area contributed by atoms with E-state index in [-0.39, 0.29) is 30.9 Å². The van der Waals surface area contributed by atoms with Gasteiger partial charge < -0.3 is 15.0 Å². The standard InChI is InChI=1S/C22H21N3O4/c1-15(26)25-13-18(12-21(25)27)23-17-7-8-19-20(11-17)29-14-22(28)24(19)10-9-16-5-3-2-4-6-16/h2-8,11-12,23H,9-10,13-14H2,1H3. The molecular weight excluding hydrogens is 370 g/mol. The van der Waals surface area contributed by atoms with Crippen LogP contribution in [0.4, 0.5) is 11.4 Å². The molecule has 4 rings (SSSR count). The molecule has 2 heterocycles. The number of carbonyl (C=O) groups excluding carboxylic acids is 3. The number of hydrogen-bond donors (Lipinski definition) is 1. The molecule has 0 saturated carbocycles. The van der Waals surface area contributed by atoms with Gasteiger partial charge in [-0.25, -0.2) is 0 Å². The Balaban J connectivity index is 1.48. The largest absolute Gasteiger partial charge is 0.481 e. The van der Waals surface area contributed by atoms with Gasteiger partial charge in [0.05, 0.1) is 12.2 Å². The van der Waals surface area contributed by atoms with Crippen LogP contribution in [0.3, 0.4) is 0 Å². The second-order valence-electron chi connectivity index (χ2n) is 6.99. The first-order chi connectivity index (χ1) is 14.0. The lowest BCUT2D eigenvalue weighted by atomic mass is 10.1. The van der Waals surface area contributed by atoms with Crippen molar-refractivity contribution in [3.63, 3.8) is 0 Å². The Morgan fingerprint density at radius 2 is 1.93 bits per heavy atom. The van der Waals surface area contributed by atoms with Crippen LogP contribution in [0, 0.1) is 0 Å². The second-order valence-corrected chi connectivity index (χ2v) is 6.99. The molecule has 2 aromatic carbocycles. The number of rotatable bonds is 5. The van der Waals surface area contributed by atoms with Crippen molar-refractivity contribution in [2.45, 2.75) is 13.3 Å². The molecule has 2 aliphatic heterocycles. The van der Waals surface area contributed by atoms with Crippen molar-refractivity contribution in [1.82, 2.24) is 4.90 Å². The fraction of sp³-hybridized carbons (Fsp3) is 0.227. The summed E-state index contributed by atoms with van der Waals surface area (Å²) in [4.78, 5) is 38.6. The van der Waals surface area contributed by atoms with Gasteiger partial charge in [-0.3, -0.25) is 19.3 Å². The monoisotopic (exact) mass is 391 g/mol. The summed E-state index contributed by atoms with van der Waals surface area (Å²) in [6, 6.07) is 15.5. The van der Waals surface area contributed by atoms with E-state index in [9.17, 15) is 14.4 Å². The Kier molecular flexibility index (Phi) is 5.03. The summed E-state index contributed by atoms with van der Waals surface area (Å²) in [5, 5.41) is 3.15. The molecule has 148 valence electrons. The topological polar surface area (TPSA) is 79.0 Å². The quantitative estimate of drug-likeness (QED) is 0.846. The van der Waals surface area contributed by atoms with Gasteiger partial charge in [-0.15, -0.1) is 0 Å². The SMILES string of the molecule is CC(=O)N1CC(Nc2ccc3c(c2)OCC(=O)N3CCc2ccccc2)=CC1=O. The second kappa shape index (κ2) is 7.79. The molecule has 7 heteroatoms. The molecule has 0 unspecified atom stereocenters. The van der Waals surface area contributed by atoms with Crippen molar-refractivity contribution in [3.8, 4) is 5.75 Å². The highest BCUT2D eigenvalue weighted by molar-refractivity contribution is 6.03. The highest BCUT2D eigenvalue weighted by Crippen LogP contribution is 2.35. The molecular formula is C22H21N3O4. The average Bonchev–Trinajstić information content (AvgIpc) is 3.08. The smallest absolute Gasteiger partial charge is 0.265 e. The van der Waals surface area contributed by atoms with Crippen molar-refractivity contribution in [3.05, 3.63) is 65.9 Å². The molecule has 1 N–H and O–H groups in total. The molecule has 29 heavy (non-hydrogen) atoms. The van der Waals surface area contributed by atoms with Gasteiger partial charge in [0.2, 0.25) is 5.91 Å². The summed E-state index contributed by atoms with van der Waals surface area (Å²) in [6.07, 6.45) is 2.17. The Morgan fingerprint density at radius 1 is 1.14 bits per heavy atom. The van der Waals surface area contributed by atoms with Gasteiger partial charge in [-0.2, -0.15) is 0 Å². The third kappa shape index (κ3) is 3.99. The Bertz CT molecular complexity index is 1000. The molecule has 0 bridgehead atoms. The number of nitrogens with one attached hydrogen (secondary N) is 1. The van der Waals surface area contributed by atoms with Gasteiger partial charge >= 0.3 is 0 Å². The molecule has 0 fully saturated rings. The van der Waals surface area contributed by atoms with Crippen LogP contribution < -0.4 is 15.0 Å². The maximum absolute atomic E-state index is 12.4. The summed E-state index contributed by atoms with van der Waals surface area (Å²) < 4.78 is 5.62. The maximum Gasteiger partial charge on any atom is 0.265 e. The van der Waals surface area contributed by atoms with E-state index in [4.69, 9.17) is 4.74 Å². The van der Waals surface area contributed by atoms with Crippen LogP contribution in [0.1, 0.15) is 12.5 Å². The molecule has 3 amide bonds. The molecule has 0 spiro atoms. The summed E-state index contributed by atoms with van der Waals surface area (Å²) in [6.45, 7) is 2.14. The zero-order chi connectivity index (χ0) is 20.4. The van der Waals surface area contributed by atoms with E-state index in [2.05, 4.69) is 5.32 Å². The van der Waals surface area contributed by atoms with Gasteiger partial charge in [-0.1, -0.05) is 30.3 Å². The normalized spacial score (nSPS) is 15.7. The minimum absolute atomic E-state index is 0.00939. The third-order valence-corrected chi connectivity index (χ3v) is 4.95. The van der Waals surface area contributed by atoms with E-state index in [1.165, 1.54) is 23.5 Å². The van der Waals surface area contributed by atoms with Crippen molar-refractivity contribution in [2.75, 3.05) is 29.9 Å². The zero-order valence-corrected chi connectivity index (χ0v) is 16.1. The van der Waals surface area contributed by atoms with E-state index >= 15 is 0 Å². The molecule has 0 saturated heterocycles. The summed E-state index contributed by atoms with van der Waals surface area (Å²) >= 11 is 0. The Morgan fingerprint density at radius 3 is 2.66 bits per heavy atom. The average molecular weight is 391 g/mol. The van der Waals surface area contributed by atoms with Crippen molar-refractivity contribution < 1.29 is 19.1 Å². The first kappa shape index (κ1) is 18.7. The first-order valence-corrected chi connectivity index (χ1v) is 9.42. The summed E-state index contributed by atoms with van der Waals surface area (Å²) in [5.74, 6) is -0.0809. The summed E-state index contributed by atoms with van der Waals surface area (Å²) in [7, 11) is 0. The number of anilines is 2. The fourth-order valence-electron chi connectivity index (χ4n) is 3.46. The lowest BCUT2D eigenvalue weighted by molar-refractivity contribution is -0.138. The van der Waals surface area contributed by atoms with Crippen LogP contribution in [-0.2, 0) is 20.8 Å². The lowest BCUT2D eigenvalue weighted by Gasteiger charge is -2.30. The van der Waals surface area contributed by atoms with E-state index in [1.54, 1.807) is 11.0 Å². The fourth-order valence-corrected chi connectivity index (χ4v) is 3.46. The predicted molar refractivity (Wildman–Crippen MR) is 109 cm³/mol. The highest BCUT2D eigenvalue weighted by atomic mass is 16.5. The molecule has 2 aromatic rings. The number of ether oxygens (including phenoxy) is 1. The Labute approximate surface area is 168 Å². The van der Waals surface area contributed by atoms with Crippen molar-refractivity contribution in [2.24, 2.45) is 0 Å². The van der Waals surface area contributed by atoms with E-state index < -0.39 is 0 Å². The number of hydrogen-bond acceptors (Lipinski definition) is 5. The van der Waals surface area contributed by atoms with Crippen LogP contribution in [0.15, 0.2) is 60.3 Å². The molecule has 0 aromatic heterocycles. The number of imide groups is 1. The molecule has 0 atom stereocenters. The third-order valence-electron chi connectivity index (χ3n) is 4.95. The maximum atomic E-state index is 12.4. The van der Waals surface area contributed by atoms with Gasteiger partial charge in [0, 0.05) is 37.0 Å². The van der Waals surface area contributed by atoms with Gasteiger partial charge in [0.1, 0.15) is 5.75 Å². The minimum atomic E-state index is -0.327. The highest BCUT2D eigenvalue weighted by Gasteiger charge is 2.27. The van der Waals surface area contributed by atoms with Crippen LogP contribution in [-0.4, -0.2) is 42.3 Å².